The van der Waals surface area contributed by atoms with Crippen LogP contribution in [0.5, 0.6) is 5.75 Å². The van der Waals surface area contributed by atoms with Gasteiger partial charge >= 0.3 is 0 Å². The highest BCUT2D eigenvalue weighted by molar-refractivity contribution is 5.94. The zero-order valence-corrected chi connectivity index (χ0v) is 21.5. The molecule has 2 atom stereocenters. The Kier molecular flexibility index (Phi) is 7.36. The average molecular weight is 468 g/mol. The molecular weight excluding hydrogens is 426 g/mol. The van der Waals surface area contributed by atoms with Gasteiger partial charge in [-0.25, -0.2) is 0 Å². The average Bonchev–Trinajstić information content (AvgIpc) is 2.85. The van der Waals surface area contributed by atoms with Gasteiger partial charge in [-0.1, -0.05) is 45.4 Å². The monoisotopic (exact) mass is 467 g/mol. The first-order valence-electron chi connectivity index (χ1n) is 12.8. The summed E-state index contributed by atoms with van der Waals surface area (Å²) in [6, 6.07) is 7.36. The topological polar surface area (TPSA) is 53.1 Å². The second kappa shape index (κ2) is 10.1. The number of rotatable bonds is 8. The molecule has 0 radical (unpaired) electrons. The first kappa shape index (κ1) is 24.8. The number of fused-ring (bicyclic) bond motifs is 1. The number of piperazine rings is 1. The van der Waals surface area contributed by atoms with Gasteiger partial charge < -0.3 is 14.5 Å². The fourth-order valence-corrected chi connectivity index (χ4v) is 5.88. The van der Waals surface area contributed by atoms with E-state index in [1.54, 1.807) is 13.2 Å². The normalized spacial score (nSPS) is 23.8. The van der Waals surface area contributed by atoms with Crippen molar-refractivity contribution in [1.29, 1.82) is 0 Å². The summed E-state index contributed by atoms with van der Waals surface area (Å²) in [6.45, 7) is 14.2. The van der Waals surface area contributed by atoms with Gasteiger partial charge in [0.1, 0.15) is 5.75 Å². The van der Waals surface area contributed by atoms with Crippen molar-refractivity contribution in [1.82, 2.24) is 14.7 Å². The maximum atomic E-state index is 13.0. The van der Waals surface area contributed by atoms with E-state index < -0.39 is 0 Å². The molecule has 5 rings (SSSR count). The zero-order chi connectivity index (χ0) is 24.5. The van der Waals surface area contributed by atoms with Gasteiger partial charge in [0.05, 0.1) is 7.11 Å². The molecule has 1 aromatic rings. The molecule has 0 spiro atoms. The Morgan fingerprint density at radius 1 is 1.18 bits per heavy atom. The molecule has 0 aromatic heterocycles. The predicted molar refractivity (Wildman–Crippen MR) is 135 cm³/mol. The summed E-state index contributed by atoms with van der Waals surface area (Å²) in [5, 5.41) is 0. The highest BCUT2D eigenvalue weighted by Crippen LogP contribution is 2.59. The van der Waals surface area contributed by atoms with E-state index in [1.807, 2.05) is 36.9 Å². The molecular formula is C28H41N3O3. The fraction of sp³-hybridized carbons (Fsp3) is 0.643. The maximum Gasteiger partial charge on any atom is 0.254 e. The minimum absolute atomic E-state index is 0.00340. The van der Waals surface area contributed by atoms with E-state index in [1.165, 1.54) is 12.0 Å². The van der Waals surface area contributed by atoms with Gasteiger partial charge in [0.25, 0.3) is 5.91 Å². The van der Waals surface area contributed by atoms with Crippen LogP contribution in [0.15, 0.2) is 35.9 Å². The van der Waals surface area contributed by atoms with Gasteiger partial charge in [0.2, 0.25) is 5.91 Å². The lowest BCUT2D eigenvalue weighted by Crippen LogP contribution is -2.52. The molecule has 6 nitrogen and oxygen atoms in total. The van der Waals surface area contributed by atoms with Gasteiger partial charge in [-0.15, -0.1) is 0 Å². The van der Waals surface area contributed by atoms with Crippen molar-refractivity contribution in [3.05, 3.63) is 41.5 Å². The highest BCUT2D eigenvalue weighted by Gasteiger charge is 2.51. The largest absolute Gasteiger partial charge is 0.497 e. The van der Waals surface area contributed by atoms with Crippen molar-refractivity contribution in [2.45, 2.75) is 40.5 Å². The van der Waals surface area contributed by atoms with Gasteiger partial charge in [-0.05, 0) is 48.3 Å². The van der Waals surface area contributed by atoms with Crippen molar-refractivity contribution in [2.75, 3.05) is 52.9 Å². The van der Waals surface area contributed by atoms with Crippen LogP contribution in [-0.2, 0) is 4.79 Å². The number of amides is 2. The van der Waals surface area contributed by atoms with Crippen molar-refractivity contribution >= 4 is 11.8 Å². The number of carbonyl (C=O) groups is 2. The molecule has 2 unspecified atom stereocenters. The number of ether oxygens (including phenoxy) is 1. The van der Waals surface area contributed by atoms with Crippen LogP contribution >= 0.6 is 0 Å². The number of benzene rings is 1. The number of hydrogen-bond donors (Lipinski definition) is 0. The van der Waals surface area contributed by atoms with Crippen LogP contribution < -0.4 is 4.74 Å². The van der Waals surface area contributed by atoms with Crippen LogP contribution in [0.2, 0.25) is 0 Å². The van der Waals surface area contributed by atoms with Crippen LogP contribution in [0.3, 0.4) is 0 Å². The van der Waals surface area contributed by atoms with Crippen LogP contribution in [0.1, 0.15) is 50.9 Å². The summed E-state index contributed by atoms with van der Waals surface area (Å²) in [6.07, 6.45) is 4.85. The maximum absolute atomic E-state index is 13.0. The molecule has 0 N–H and O–H groups in total. The lowest BCUT2D eigenvalue weighted by atomic mass is 9.49. The molecule has 1 aromatic carbocycles. The Hall–Kier alpha value is -2.34. The Bertz CT molecular complexity index is 931. The minimum atomic E-state index is 0.00340. The molecule has 186 valence electrons. The molecule has 2 bridgehead atoms. The molecule has 2 amide bonds. The van der Waals surface area contributed by atoms with Crippen molar-refractivity contribution in [2.24, 2.45) is 23.2 Å². The molecule has 6 heteroatoms. The third-order valence-corrected chi connectivity index (χ3v) is 8.42. The van der Waals surface area contributed by atoms with Gasteiger partial charge in [0.15, 0.2) is 0 Å². The van der Waals surface area contributed by atoms with Crippen molar-refractivity contribution in [3.63, 3.8) is 0 Å². The molecule has 2 fully saturated rings. The van der Waals surface area contributed by atoms with Crippen LogP contribution in [0.4, 0.5) is 0 Å². The number of hydrogen-bond acceptors (Lipinski definition) is 4. The minimum Gasteiger partial charge on any atom is -0.497 e. The van der Waals surface area contributed by atoms with Crippen molar-refractivity contribution in [3.8, 4) is 5.75 Å². The quantitative estimate of drug-likeness (QED) is 0.544. The first-order chi connectivity index (χ1) is 16.2. The van der Waals surface area contributed by atoms with Crippen LogP contribution in [0.25, 0.3) is 0 Å². The van der Waals surface area contributed by atoms with E-state index in [2.05, 4.69) is 29.7 Å². The molecule has 3 aliphatic carbocycles. The van der Waals surface area contributed by atoms with E-state index >= 15 is 0 Å². The molecule has 1 saturated heterocycles. The predicted octanol–water partition coefficient (Wildman–Crippen LogP) is 3.93. The summed E-state index contributed by atoms with van der Waals surface area (Å²) in [5.41, 5.74) is 2.51. The molecule has 34 heavy (non-hydrogen) atoms. The van der Waals surface area contributed by atoms with Gasteiger partial charge in [-0.2, -0.15) is 0 Å². The van der Waals surface area contributed by atoms with E-state index in [0.717, 1.165) is 45.1 Å². The summed E-state index contributed by atoms with van der Waals surface area (Å²) in [7, 11) is 1.62. The van der Waals surface area contributed by atoms with E-state index in [0.29, 0.717) is 35.7 Å². The second-order valence-corrected chi connectivity index (χ2v) is 11.1. The van der Waals surface area contributed by atoms with E-state index in [9.17, 15) is 9.59 Å². The van der Waals surface area contributed by atoms with E-state index in [4.69, 9.17) is 4.74 Å². The van der Waals surface area contributed by atoms with Crippen LogP contribution in [0, 0.1) is 23.2 Å². The molecule has 4 aliphatic rings. The second-order valence-electron chi connectivity index (χ2n) is 11.1. The zero-order valence-electron chi connectivity index (χ0n) is 21.5. The number of nitrogens with zero attached hydrogens (tertiary/aromatic N) is 3. The molecule has 1 saturated carbocycles. The van der Waals surface area contributed by atoms with Gasteiger partial charge in [0, 0.05) is 57.3 Å². The summed E-state index contributed by atoms with van der Waals surface area (Å²) >= 11 is 0. The summed E-state index contributed by atoms with van der Waals surface area (Å²) in [5.74, 6) is 2.44. The van der Waals surface area contributed by atoms with Crippen molar-refractivity contribution < 1.29 is 14.3 Å². The van der Waals surface area contributed by atoms with Crippen LogP contribution in [-0.4, -0.2) is 79.4 Å². The third-order valence-electron chi connectivity index (χ3n) is 8.42. The standard InChI is InChI=1S/C28H41N3O3/c1-20(2)26(32)31(19-22-9-10-23-18-25(22)28(23,3)4)16-13-29-11-14-30(15-12-29)27(33)21-7-6-8-24(17-21)34-5/h6-9,17,20,23,25H,10-16,18-19H2,1-5H3. The molecule has 1 aliphatic heterocycles. The smallest absolute Gasteiger partial charge is 0.254 e. The number of carbonyl (C=O) groups excluding carboxylic acids is 2. The molecule has 1 heterocycles. The van der Waals surface area contributed by atoms with Gasteiger partial charge in [-0.3, -0.25) is 14.5 Å². The third kappa shape index (κ3) is 5.02. The Morgan fingerprint density at radius 3 is 2.53 bits per heavy atom. The lowest BCUT2D eigenvalue weighted by molar-refractivity contribution is -0.134. The first-order valence-corrected chi connectivity index (χ1v) is 12.8. The lowest BCUT2D eigenvalue weighted by Gasteiger charge is -2.57. The fourth-order valence-electron chi connectivity index (χ4n) is 5.88. The summed E-state index contributed by atoms with van der Waals surface area (Å²) < 4.78 is 5.26. The highest BCUT2D eigenvalue weighted by atomic mass is 16.5. The summed E-state index contributed by atoms with van der Waals surface area (Å²) in [4.78, 5) is 32.3. The Morgan fingerprint density at radius 2 is 1.91 bits per heavy atom. The Balaban J connectivity index is 1.31. The number of allylic oxidation sites excluding steroid dienone is 1. The number of methoxy groups -OCH3 is 1. The Labute approximate surface area is 204 Å². The van der Waals surface area contributed by atoms with E-state index in [-0.39, 0.29) is 17.7 Å². The SMILES string of the molecule is COc1cccc(C(=O)N2CCN(CCN(CC3=CCC4CC3C4(C)C)C(=O)C(C)C)CC2)c1.